The normalized spacial score (nSPS) is 10.2. The van der Waals surface area contributed by atoms with Crippen LogP contribution in [0.5, 0.6) is 0 Å². The van der Waals surface area contributed by atoms with E-state index in [1.54, 1.807) is 31.2 Å². The monoisotopic (exact) mass is 363 g/mol. The molecule has 0 atom stereocenters. The van der Waals surface area contributed by atoms with Crippen LogP contribution in [0.4, 0.5) is 5.69 Å². The van der Waals surface area contributed by atoms with Crippen LogP contribution in [0.3, 0.4) is 0 Å². The van der Waals surface area contributed by atoms with Gasteiger partial charge >= 0.3 is 11.9 Å². The van der Waals surface area contributed by atoms with Crippen molar-refractivity contribution in [3.8, 4) is 0 Å². The maximum absolute atomic E-state index is 12.1. The molecule has 0 saturated carbocycles. The number of nitrogens with zero attached hydrogens (tertiary/aromatic N) is 1. The Balaban J connectivity index is 2.04. The van der Waals surface area contributed by atoms with E-state index in [9.17, 15) is 19.7 Å². The van der Waals surface area contributed by atoms with Gasteiger partial charge in [0, 0.05) is 12.1 Å². The fourth-order valence-electron chi connectivity index (χ4n) is 1.96. The summed E-state index contributed by atoms with van der Waals surface area (Å²) in [6, 6.07) is 9.89. The van der Waals surface area contributed by atoms with Crippen LogP contribution in [0.1, 0.15) is 33.2 Å². The van der Waals surface area contributed by atoms with E-state index in [1.165, 1.54) is 12.1 Å². The molecule has 0 N–H and O–H groups in total. The van der Waals surface area contributed by atoms with E-state index in [0.29, 0.717) is 11.1 Å². The van der Waals surface area contributed by atoms with Gasteiger partial charge in [0.15, 0.2) is 0 Å². The van der Waals surface area contributed by atoms with Gasteiger partial charge in [0.05, 0.1) is 27.7 Å². The second kappa shape index (κ2) is 8.25. The predicted octanol–water partition coefficient (Wildman–Crippen LogP) is 3.78. The molecule has 2 rings (SSSR count). The van der Waals surface area contributed by atoms with Gasteiger partial charge in [-0.1, -0.05) is 23.7 Å². The number of hydrogen-bond acceptors (Lipinski definition) is 6. The zero-order valence-electron chi connectivity index (χ0n) is 13.2. The molecule has 0 amide bonds. The Morgan fingerprint density at radius 1 is 1.08 bits per heavy atom. The Morgan fingerprint density at radius 3 is 2.36 bits per heavy atom. The zero-order valence-corrected chi connectivity index (χ0v) is 14.0. The molecule has 0 aliphatic rings. The lowest BCUT2D eigenvalue weighted by Gasteiger charge is -2.07. The van der Waals surface area contributed by atoms with Crippen LogP contribution in [0.25, 0.3) is 0 Å². The third-order valence-corrected chi connectivity index (χ3v) is 3.55. The molecular weight excluding hydrogens is 350 g/mol. The summed E-state index contributed by atoms with van der Waals surface area (Å²) in [6.07, 6.45) is 0. The lowest BCUT2D eigenvalue weighted by Crippen LogP contribution is -2.07. The lowest BCUT2D eigenvalue weighted by molar-refractivity contribution is -0.384. The number of non-ortho nitro benzene ring substituents is 1. The minimum Gasteiger partial charge on any atom is -0.462 e. The average Bonchev–Trinajstić information content (AvgIpc) is 2.60. The molecule has 130 valence electrons. The van der Waals surface area contributed by atoms with Crippen LogP contribution in [-0.4, -0.2) is 23.5 Å². The number of benzene rings is 2. The summed E-state index contributed by atoms with van der Waals surface area (Å²) in [6.45, 7) is 1.92. The second-order valence-electron chi connectivity index (χ2n) is 4.91. The number of rotatable bonds is 6. The van der Waals surface area contributed by atoms with Crippen LogP contribution in [0.15, 0.2) is 42.5 Å². The van der Waals surface area contributed by atoms with E-state index >= 15 is 0 Å². The molecule has 0 aromatic heterocycles. The van der Waals surface area contributed by atoms with Crippen LogP contribution >= 0.6 is 11.6 Å². The van der Waals surface area contributed by atoms with Gasteiger partial charge in [0.1, 0.15) is 6.61 Å². The minimum absolute atomic E-state index is 0.0632. The first-order chi connectivity index (χ1) is 11.9. The van der Waals surface area contributed by atoms with Gasteiger partial charge in [-0.15, -0.1) is 0 Å². The number of carbonyl (C=O) groups excluding carboxylic acids is 2. The molecule has 0 bridgehead atoms. The number of nitro benzene ring substituents is 1. The highest BCUT2D eigenvalue weighted by atomic mass is 35.5. The molecule has 25 heavy (non-hydrogen) atoms. The summed E-state index contributed by atoms with van der Waals surface area (Å²) in [5, 5.41) is 10.8. The van der Waals surface area contributed by atoms with E-state index in [2.05, 4.69) is 0 Å². The van der Waals surface area contributed by atoms with Gasteiger partial charge in [-0.2, -0.15) is 0 Å². The first kappa shape index (κ1) is 18.4. The fourth-order valence-corrected chi connectivity index (χ4v) is 2.16. The number of esters is 2. The van der Waals surface area contributed by atoms with Crippen molar-refractivity contribution in [2.24, 2.45) is 0 Å². The van der Waals surface area contributed by atoms with Crippen molar-refractivity contribution in [2.45, 2.75) is 13.5 Å². The standard InChI is InChI=1S/C17H14ClNO6/c1-2-24-16(20)12-5-3-11(4-6-12)10-25-17(21)14-9-13(19(22)23)7-8-15(14)18/h3-9H,2,10H2,1H3. The highest BCUT2D eigenvalue weighted by Crippen LogP contribution is 2.23. The maximum Gasteiger partial charge on any atom is 0.340 e. The van der Waals surface area contributed by atoms with Crippen molar-refractivity contribution >= 4 is 29.2 Å². The van der Waals surface area contributed by atoms with Crippen molar-refractivity contribution in [2.75, 3.05) is 6.61 Å². The largest absolute Gasteiger partial charge is 0.462 e. The zero-order chi connectivity index (χ0) is 18.4. The van der Waals surface area contributed by atoms with Crippen molar-refractivity contribution in [1.82, 2.24) is 0 Å². The quantitative estimate of drug-likeness (QED) is 0.440. The molecule has 0 fully saturated rings. The number of carbonyl (C=O) groups is 2. The summed E-state index contributed by atoms with van der Waals surface area (Å²) in [7, 11) is 0. The number of nitro groups is 1. The van der Waals surface area contributed by atoms with Gasteiger partial charge in [-0.05, 0) is 30.7 Å². The van der Waals surface area contributed by atoms with E-state index in [-0.39, 0.29) is 29.5 Å². The lowest BCUT2D eigenvalue weighted by atomic mass is 10.1. The van der Waals surface area contributed by atoms with E-state index in [4.69, 9.17) is 21.1 Å². The molecule has 0 spiro atoms. The van der Waals surface area contributed by atoms with Gasteiger partial charge in [-0.25, -0.2) is 9.59 Å². The van der Waals surface area contributed by atoms with Gasteiger partial charge < -0.3 is 9.47 Å². The molecule has 0 radical (unpaired) electrons. The molecule has 0 heterocycles. The Bertz CT molecular complexity index is 803. The molecule has 0 aliphatic carbocycles. The van der Waals surface area contributed by atoms with E-state index in [0.717, 1.165) is 6.07 Å². The third-order valence-electron chi connectivity index (χ3n) is 3.22. The summed E-state index contributed by atoms with van der Waals surface area (Å²) in [4.78, 5) is 33.8. The number of ether oxygens (including phenoxy) is 2. The van der Waals surface area contributed by atoms with E-state index < -0.39 is 16.9 Å². The number of halogens is 1. The second-order valence-corrected chi connectivity index (χ2v) is 5.32. The molecule has 2 aromatic carbocycles. The Kier molecular flexibility index (Phi) is 6.08. The molecule has 7 nitrogen and oxygen atoms in total. The van der Waals surface area contributed by atoms with Crippen LogP contribution < -0.4 is 0 Å². The maximum atomic E-state index is 12.1. The van der Waals surface area contributed by atoms with Crippen LogP contribution in [0.2, 0.25) is 5.02 Å². The van der Waals surface area contributed by atoms with Crippen molar-refractivity contribution in [1.29, 1.82) is 0 Å². The Labute approximate surface area is 148 Å². The number of hydrogen-bond donors (Lipinski definition) is 0. The van der Waals surface area contributed by atoms with Crippen molar-refractivity contribution in [3.63, 3.8) is 0 Å². The van der Waals surface area contributed by atoms with Crippen molar-refractivity contribution in [3.05, 3.63) is 74.3 Å². The summed E-state index contributed by atoms with van der Waals surface area (Å²) >= 11 is 5.89. The first-order valence-corrected chi connectivity index (χ1v) is 7.67. The molecule has 0 unspecified atom stereocenters. The van der Waals surface area contributed by atoms with Crippen molar-refractivity contribution < 1.29 is 24.0 Å². The molecule has 0 saturated heterocycles. The molecular formula is C17H14ClNO6. The van der Waals surface area contributed by atoms with Gasteiger partial charge in [-0.3, -0.25) is 10.1 Å². The molecule has 0 aliphatic heterocycles. The Morgan fingerprint density at radius 2 is 1.76 bits per heavy atom. The summed E-state index contributed by atoms with van der Waals surface area (Å²) in [5.74, 6) is -1.21. The minimum atomic E-state index is -0.775. The van der Waals surface area contributed by atoms with Gasteiger partial charge in [0.2, 0.25) is 0 Å². The van der Waals surface area contributed by atoms with Crippen LogP contribution in [0, 0.1) is 10.1 Å². The highest BCUT2D eigenvalue weighted by Gasteiger charge is 2.17. The Hall–Kier alpha value is -2.93. The van der Waals surface area contributed by atoms with Gasteiger partial charge in [0.25, 0.3) is 5.69 Å². The predicted molar refractivity (Wildman–Crippen MR) is 89.6 cm³/mol. The topological polar surface area (TPSA) is 95.7 Å². The molecule has 2 aromatic rings. The van der Waals surface area contributed by atoms with E-state index in [1.807, 2.05) is 0 Å². The SMILES string of the molecule is CCOC(=O)c1ccc(COC(=O)c2cc([N+](=O)[O-])ccc2Cl)cc1. The third kappa shape index (κ3) is 4.77. The summed E-state index contributed by atoms with van der Waals surface area (Å²) in [5.41, 5.74) is 0.691. The first-order valence-electron chi connectivity index (χ1n) is 7.29. The fraction of sp³-hybridized carbons (Fsp3) is 0.176. The average molecular weight is 364 g/mol. The summed E-state index contributed by atoms with van der Waals surface area (Å²) < 4.78 is 9.99. The smallest absolute Gasteiger partial charge is 0.340 e. The van der Waals surface area contributed by atoms with Crippen LogP contribution in [-0.2, 0) is 16.1 Å². The highest BCUT2D eigenvalue weighted by molar-refractivity contribution is 6.33. The molecule has 8 heteroatoms.